The summed E-state index contributed by atoms with van der Waals surface area (Å²) in [6.45, 7) is 3.09. The number of nitrogens with two attached hydrogens (primary N) is 1. The second-order valence-electron chi connectivity index (χ2n) is 5.95. The zero-order chi connectivity index (χ0) is 17.1. The van der Waals surface area contributed by atoms with E-state index in [9.17, 15) is 9.59 Å². The maximum atomic E-state index is 12.4. The van der Waals surface area contributed by atoms with Crippen molar-refractivity contribution >= 4 is 34.6 Å². The molecular weight excluding hydrogens is 324 g/mol. The Kier molecular flexibility index (Phi) is 4.99. The van der Waals surface area contributed by atoms with E-state index in [4.69, 9.17) is 5.73 Å². The Morgan fingerprint density at radius 2 is 1.83 bits per heavy atom. The lowest BCUT2D eigenvalue weighted by atomic mass is 9.96. The Morgan fingerprint density at radius 3 is 2.46 bits per heavy atom. The van der Waals surface area contributed by atoms with Gasteiger partial charge in [0, 0.05) is 19.0 Å². The van der Waals surface area contributed by atoms with Crippen molar-refractivity contribution in [1.29, 1.82) is 0 Å². The van der Waals surface area contributed by atoms with Gasteiger partial charge in [-0.15, -0.1) is 0 Å². The number of thioether (sulfide) groups is 1. The summed E-state index contributed by atoms with van der Waals surface area (Å²) in [5.74, 6) is 0.0286. The fourth-order valence-corrected chi connectivity index (χ4v) is 3.70. The molecule has 0 spiro atoms. The topological polar surface area (TPSA) is 89.2 Å². The number of benzene rings is 1. The number of aryl methyl sites for hydroxylation is 1. The van der Waals surface area contributed by atoms with Crippen LogP contribution in [-0.4, -0.2) is 45.5 Å². The number of hydrogen-bond acceptors (Lipinski definition) is 5. The van der Waals surface area contributed by atoms with Gasteiger partial charge in [-0.2, -0.15) is 0 Å². The van der Waals surface area contributed by atoms with E-state index < -0.39 is 0 Å². The van der Waals surface area contributed by atoms with Gasteiger partial charge in [0.2, 0.25) is 11.8 Å². The van der Waals surface area contributed by atoms with Crippen molar-refractivity contribution < 1.29 is 9.59 Å². The van der Waals surface area contributed by atoms with Crippen molar-refractivity contribution in [3.05, 3.63) is 30.0 Å². The first kappa shape index (κ1) is 16.7. The number of hydrogen-bond donors (Lipinski definition) is 1. The van der Waals surface area contributed by atoms with Crippen molar-refractivity contribution in [2.75, 3.05) is 18.8 Å². The molecule has 0 aliphatic carbocycles. The zero-order valence-electron chi connectivity index (χ0n) is 13.6. The Balaban J connectivity index is 1.60. The van der Waals surface area contributed by atoms with Gasteiger partial charge >= 0.3 is 0 Å². The van der Waals surface area contributed by atoms with Crippen LogP contribution in [0, 0.1) is 12.8 Å². The van der Waals surface area contributed by atoms with Crippen molar-refractivity contribution in [1.82, 2.24) is 14.9 Å². The number of aromatic nitrogens is 2. The molecule has 6 nitrogen and oxygen atoms in total. The van der Waals surface area contributed by atoms with Gasteiger partial charge in [-0.25, -0.2) is 9.97 Å². The molecule has 24 heavy (non-hydrogen) atoms. The Labute approximate surface area is 144 Å². The lowest BCUT2D eigenvalue weighted by Gasteiger charge is -2.30. The summed E-state index contributed by atoms with van der Waals surface area (Å²) in [6, 6.07) is 7.71. The summed E-state index contributed by atoms with van der Waals surface area (Å²) in [4.78, 5) is 34.5. The highest BCUT2D eigenvalue weighted by Gasteiger charge is 2.25. The molecule has 2 aromatic rings. The number of likely N-dealkylation sites (tertiary alicyclic amines) is 1. The highest BCUT2D eigenvalue weighted by Crippen LogP contribution is 2.23. The molecule has 126 valence electrons. The average molecular weight is 344 g/mol. The second kappa shape index (κ2) is 7.17. The lowest BCUT2D eigenvalue weighted by molar-refractivity contribution is -0.132. The smallest absolute Gasteiger partial charge is 0.232 e. The normalized spacial score (nSPS) is 15.6. The molecule has 0 bridgehead atoms. The summed E-state index contributed by atoms with van der Waals surface area (Å²) in [5, 5.41) is 0.786. The maximum Gasteiger partial charge on any atom is 0.232 e. The monoisotopic (exact) mass is 344 g/mol. The number of carbonyl (C=O) groups excluding carboxylic acids is 2. The van der Waals surface area contributed by atoms with Crippen molar-refractivity contribution in [3.63, 3.8) is 0 Å². The Morgan fingerprint density at radius 1 is 1.21 bits per heavy atom. The molecule has 1 aromatic carbocycles. The number of rotatable bonds is 4. The lowest BCUT2D eigenvalue weighted by Crippen LogP contribution is -2.42. The predicted octanol–water partition coefficient (Wildman–Crippen LogP) is 1.75. The molecule has 3 rings (SSSR count). The van der Waals surface area contributed by atoms with Crippen molar-refractivity contribution in [3.8, 4) is 0 Å². The van der Waals surface area contributed by atoms with Gasteiger partial charge in [0.25, 0.3) is 0 Å². The molecule has 0 radical (unpaired) electrons. The molecule has 1 aromatic heterocycles. The second-order valence-corrected chi connectivity index (χ2v) is 6.91. The molecule has 2 N–H and O–H groups in total. The molecule has 2 heterocycles. The van der Waals surface area contributed by atoms with Crippen LogP contribution in [0.1, 0.15) is 18.5 Å². The molecule has 0 atom stereocenters. The molecule has 2 amide bonds. The van der Waals surface area contributed by atoms with Crippen LogP contribution in [-0.2, 0) is 9.59 Å². The molecule has 1 fully saturated rings. The van der Waals surface area contributed by atoms with Crippen molar-refractivity contribution in [2.45, 2.75) is 24.8 Å². The summed E-state index contributed by atoms with van der Waals surface area (Å²) < 4.78 is 0. The Bertz CT molecular complexity index is 772. The first-order valence-corrected chi connectivity index (χ1v) is 8.96. The zero-order valence-corrected chi connectivity index (χ0v) is 14.4. The molecular formula is C17H20N4O2S. The minimum absolute atomic E-state index is 0.0669. The van der Waals surface area contributed by atoms with E-state index in [-0.39, 0.29) is 17.7 Å². The van der Waals surface area contributed by atoms with Gasteiger partial charge in [0.05, 0.1) is 22.5 Å². The number of primary amides is 1. The number of carbonyl (C=O) groups is 2. The van der Waals surface area contributed by atoms with Gasteiger partial charge in [-0.1, -0.05) is 23.9 Å². The molecule has 0 unspecified atom stereocenters. The third-order valence-corrected chi connectivity index (χ3v) is 5.34. The molecule has 1 aliphatic rings. The molecule has 1 saturated heterocycles. The number of piperidine rings is 1. The number of amides is 2. The predicted molar refractivity (Wildman–Crippen MR) is 93.5 cm³/mol. The minimum atomic E-state index is -0.265. The van der Waals surface area contributed by atoms with Crippen LogP contribution in [0.4, 0.5) is 0 Å². The summed E-state index contributed by atoms with van der Waals surface area (Å²) in [6.07, 6.45) is 1.31. The van der Waals surface area contributed by atoms with E-state index >= 15 is 0 Å². The van der Waals surface area contributed by atoms with Crippen LogP contribution in [0.25, 0.3) is 11.0 Å². The van der Waals surface area contributed by atoms with E-state index in [1.807, 2.05) is 31.2 Å². The highest BCUT2D eigenvalue weighted by atomic mass is 32.2. The first-order chi connectivity index (χ1) is 11.5. The largest absolute Gasteiger partial charge is 0.369 e. The first-order valence-electron chi connectivity index (χ1n) is 7.98. The van der Waals surface area contributed by atoms with Crippen LogP contribution in [0.3, 0.4) is 0 Å². The van der Waals surface area contributed by atoms with E-state index in [1.165, 1.54) is 11.8 Å². The number of fused-ring (bicyclic) bond motifs is 1. The summed E-state index contributed by atoms with van der Waals surface area (Å²) in [7, 11) is 0. The number of para-hydroxylation sites is 2. The van der Waals surface area contributed by atoms with Crippen LogP contribution in [0.2, 0.25) is 0 Å². The summed E-state index contributed by atoms with van der Waals surface area (Å²) >= 11 is 1.41. The fourth-order valence-electron chi connectivity index (χ4n) is 2.84. The van der Waals surface area contributed by atoms with E-state index in [0.717, 1.165) is 21.8 Å². The van der Waals surface area contributed by atoms with Gasteiger partial charge in [0.15, 0.2) is 0 Å². The van der Waals surface area contributed by atoms with E-state index in [0.29, 0.717) is 31.7 Å². The highest BCUT2D eigenvalue weighted by molar-refractivity contribution is 7.99. The molecule has 7 heteroatoms. The molecule has 0 saturated carbocycles. The van der Waals surface area contributed by atoms with Crippen LogP contribution >= 0.6 is 11.8 Å². The molecule has 1 aliphatic heterocycles. The average Bonchev–Trinajstić information content (AvgIpc) is 2.59. The quantitative estimate of drug-likeness (QED) is 0.854. The third kappa shape index (κ3) is 3.67. The standard InChI is InChI=1S/C17H20N4O2S/c1-11-17(20-14-5-3-2-4-13(14)19-11)24-10-15(22)21-8-6-12(7-9-21)16(18)23/h2-5,12H,6-10H2,1H3,(H2,18,23). The summed E-state index contributed by atoms with van der Waals surface area (Å²) in [5.41, 5.74) is 7.85. The minimum Gasteiger partial charge on any atom is -0.369 e. The van der Waals surface area contributed by atoms with E-state index in [1.54, 1.807) is 4.90 Å². The maximum absolute atomic E-state index is 12.4. The fraction of sp³-hybridized carbons (Fsp3) is 0.412. The number of nitrogens with zero attached hydrogens (tertiary/aromatic N) is 3. The van der Waals surface area contributed by atoms with Gasteiger partial charge < -0.3 is 10.6 Å². The van der Waals surface area contributed by atoms with Crippen LogP contribution in [0.15, 0.2) is 29.3 Å². The van der Waals surface area contributed by atoms with Crippen LogP contribution < -0.4 is 5.73 Å². The van der Waals surface area contributed by atoms with Gasteiger partial charge in [-0.05, 0) is 31.9 Å². The van der Waals surface area contributed by atoms with Gasteiger partial charge in [0.1, 0.15) is 5.03 Å². The van der Waals surface area contributed by atoms with Crippen LogP contribution in [0.5, 0.6) is 0 Å². The van der Waals surface area contributed by atoms with Crippen molar-refractivity contribution in [2.24, 2.45) is 11.7 Å². The third-order valence-electron chi connectivity index (χ3n) is 4.28. The SMILES string of the molecule is Cc1nc2ccccc2nc1SCC(=O)N1CCC(C(N)=O)CC1. The van der Waals surface area contributed by atoms with Gasteiger partial charge in [-0.3, -0.25) is 9.59 Å². The van der Waals surface area contributed by atoms with E-state index in [2.05, 4.69) is 9.97 Å². The Hall–Kier alpha value is -2.15.